The molecule has 0 fully saturated rings. The standard InChI is InChI=1S/C24H24FNO2/c1-28-24(27)23(21-12-14-22(25)15-13-21)18-26(16-19-8-4-2-5-9-19)17-20-10-6-3-7-11-20/h2-15,23H,16-18H2,1H3/t23-/m1/s1. The van der Waals surface area contributed by atoms with Crippen LogP contribution in [0.5, 0.6) is 0 Å². The molecule has 0 spiro atoms. The highest BCUT2D eigenvalue weighted by Crippen LogP contribution is 2.22. The van der Waals surface area contributed by atoms with E-state index in [4.69, 9.17) is 4.74 Å². The molecule has 0 aromatic heterocycles. The maximum absolute atomic E-state index is 13.3. The molecule has 4 heteroatoms. The molecule has 3 aromatic carbocycles. The number of carbonyl (C=O) groups excluding carboxylic acids is 1. The van der Waals surface area contributed by atoms with Crippen LogP contribution in [0.25, 0.3) is 0 Å². The second-order valence-corrected chi connectivity index (χ2v) is 6.77. The van der Waals surface area contributed by atoms with Crippen molar-refractivity contribution in [1.29, 1.82) is 0 Å². The summed E-state index contributed by atoms with van der Waals surface area (Å²) >= 11 is 0. The highest BCUT2D eigenvalue weighted by atomic mass is 19.1. The number of hydrogen-bond donors (Lipinski definition) is 0. The first-order valence-electron chi connectivity index (χ1n) is 9.29. The SMILES string of the molecule is COC(=O)[C@H](CN(Cc1ccccc1)Cc1ccccc1)c1ccc(F)cc1. The van der Waals surface area contributed by atoms with Crippen molar-refractivity contribution >= 4 is 5.97 Å². The van der Waals surface area contributed by atoms with E-state index in [1.54, 1.807) is 12.1 Å². The first-order chi connectivity index (χ1) is 13.7. The Labute approximate surface area is 165 Å². The van der Waals surface area contributed by atoms with Gasteiger partial charge in [-0.2, -0.15) is 0 Å². The van der Waals surface area contributed by atoms with Gasteiger partial charge in [0.1, 0.15) is 5.82 Å². The van der Waals surface area contributed by atoms with Crippen LogP contribution in [0.4, 0.5) is 4.39 Å². The molecule has 0 amide bonds. The third kappa shape index (κ3) is 5.51. The average molecular weight is 377 g/mol. The highest BCUT2D eigenvalue weighted by molar-refractivity contribution is 5.78. The molecule has 0 saturated heterocycles. The lowest BCUT2D eigenvalue weighted by Gasteiger charge is -2.27. The first kappa shape index (κ1) is 19.8. The zero-order chi connectivity index (χ0) is 19.8. The van der Waals surface area contributed by atoms with Gasteiger partial charge >= 0.3 is 5.97 Å². The fourth-order valence-electron chi connectivity index (χ4n) is 3.28. The number of methoxy groups -OCH3 is 1. The molecule has 0 aliphatic rings. The highest BCUT2D eigenvalue weighted by Gasteiger charge is 2.25. The molecule has 0 radical (unpaired) electrons. The van der Waals surface area contributed by atoms with Gasteiger partial charge in [-0.05, 0) is 28.8 Å². The molecule has 28 heavy (non-hydrogen) atoms. The first-order valence-corrected chi connectivity index (χ1v) is 9.29. The Bertz CT molecular complexity index is 825. The number of carbonyl (C=O) groups is 1. The Kier molecular flexibility index (Phi) is 6.93. The van der Waals surface area contributed by atoms with Crippen molar-refractivity contribution < 1.29 is 13.9 Å². The van der Waals surface area contributed by atoms with Gasteiger partial charge < -0.3 is 4.74 Å². The van der Waals surface area contributed by atoms with Gasteiger partial charge in [-0.25, -0.2) is 4.39 Å². The van der Waals surface area contributed by atoms with Crippen molar-refractivity contribution in [1.82, 2.24) is 4.90 Å². The maximum atomic E-state index is 13.3. The Morgan fingerprint density at radius 3 is 1.82 bits per heavy atom. The van der Waals surface area contributed by atoms with Crippen LogP contribution in [0, 0.1) is 5.82 Å². The summed E-state index contributed by atoms with van der Waals surface area (Å²) in [7, 11) is 1.39. The largest absolute Gasteiger partial charge is 0.469 e. The monoisotopic (exact) mass is 377 g/mol. The second kappa shape index (κ2) is 9.81. The van der Waals surface area contributed by atoms with E-state index in [-0.39, 0.29) is 11.8 Å². The molecule has 3 aromatic rings. The summed E-state index contributed by atoms with van der Waals surface area (Å²) < 4.78 is 18.4. The molecule has 144 valence electrons. The number of esters is 1. The van der Waals surface area contributed by atoms with Crippen molar-refractivity contribution in [3.05, 3.63) is 107 Å². The van der Waals surface area contributed by atoms with Crippen LogP contribution < -0.4 is 0 Å². The molecular weight excluding hydrogens is 353 g/mol. The van der Waals surface area contributed by atoms with E-state index in [1.165, 1.54) is 30.4 Å². The third-order valence-corrected chi connectivity index (χ3v) is 4.70. The zero-order valence-electron chi connectivity index (χ0n) is 15.9. The number of rotatable bonds is 8. The van der Waals surface area contributed by atoms with E-state index in [0.717, 1.165) is 5.56 Å². The fourth-order valence-corrected chi connectivity index (χ4v) is 3.28. The van der Waals surface area contributed by atoms with E-state index < -0.39 is 5.92 Å². The second-order valence-electron chi connectivity index (χ2n) is 6.77. The molecule has 0 heterocycles. The number of hydrogen-bond acceptors (Lipinski definition) is 3. The normalized spacial score (nSPS) is 12.0. The third-order valence-electron chi connectivity index (χ3n) is 4.70. The lowest BCUT2D eigenvalue weighted by molar-refractivity contribution is -0.143. The zero-order valence-corrected chi connectivity index (χ0v) is 15.9. The van der Waals surface area contributed by atoms with Crippen LogP contribution in [-0.4, -0.2) is 24.5 Å². The maximum Gasteiger partial charge on any atom is 0.314 e. The number of benzene rings is 3. The number of halogens is 1. The number of nitrogens with zero attached hydrogens (tertiary/aromatic N) is 1. The summed E-state index contributed by atoms with van der Waals surface area (Å²) in [5.41, 5.74) is 3.08. The van der Waals surface area contributed by atoms with E-state index in [0.29, 0.717) is 19.6 Å². The van der Waals surface area contributed by atoms with E-state index in [1.807, 2.05) is 36.4 Å². The van der Waals surface area contributed by atoms with Crippen LogP contribution in [0.2, 0.25) is 0 Å². The van der Waals surface area contributed by atoms with Gasteiger partial charge in [0.05, 0.1) is 13.0 Å². The summed E-state index contributed by atoms with van der Waals surface area (Å²) in [6, 6.07) is 26.4. The number of ether oxygens (including phenoxy) is 1. The molecule has 1 atom stereocenters. The Balaban J connectivity index is 1.85. The van der Waals surface area contributed by atoms with Gasteiger partial charge in [-0.1, -0.05) is 72.8 Å². The Morgan fingerprint density at radius 2 is 1.36 bits per heavy atom. The molecule has 0 N–H and O–H groups in total. The van der Waals surface area contributed by atoms with Gasteiger partial charge in [-0.15, -0.1) is 0 Å². The fraction of sp³-hybridized carbons (Fsp3) is 0.208. The van der Waals surface area contributed by atoms with Crippen LogP contribution in [0.1, 0.15) is 22.6 Å². The molecule has 0 unspecified atom stereocenters. The van der Waals surface area contributed by atoms with Gasteiger partial charge in [0.15, 0.2) is 0 Å². The molecule has 0 aliphatic heterocycles. The van der Waals surface area contributed by atoms with Crippen LogP contribution in [0.15, 0.2) is 84.9 Å². The van der Waals surface area contributed by atoms with E-state index in [9.17, 15) is 9.18 Å². The molecule has 3 rings (SSSR count). The predicted octanol–water partition coefficient (Wildman–Crippen LogP) is 4.78. The summed E-state index contributed by atoms with van der Waals surface area (Å²) in [4.78, 5) is 14.7. The van der Waals surface area contributed by atoms with Crippen molar-refractivity contribution in [2.45, 2.75) is 19.0 Å². The summed E-state index contributed by atoms with van der Waals surface area (Å²) in [6.45, 7) is 1.87. The minimum absolute atomic E-state index is 0.321. The van der Waals surface area contributed by atoms with Gasteiger partial charge in [0, 0.05) is 19.6 Å². The molecule has 0 aliphatic carbocycles. The van der Waals surface area contributed by atoms with Crippen molar-refractivity contribution in [3.8, 4) is 0 Å². The quantitative estimate of drug-likeness (QED) is 0.529. The van der Waals surface area contributed by atoms with Gasteiger partial charge in [0.25, 0.3) is 0 Å². The average Bonchev–Trinajstić information content (AvgIpc) is 2.73. The summed E-state index contributed by atoms with van der Waals surface area (Å²) in [5.74, 6) is -1.13. The Morgan fingerprint density at radius 1 is 0.857 bits per heavy atom. The van der Waals surface area contributed by atoms with Crippen molar-refractivity contribution in [2.75, 3.05) is 13.7 Å². The molecule has 0 bridgehead atoms. The summed E-state index contributed by atoms with van der Waals surface area (Å²) in [5, 5.41) is 0. The lowest BCUT2D eigenvalue weighted by atomic mass is 9.98. The molecular formula is C24H24FNO2. The summed E-state index contributed by atoms with van der Waals surface area (Å²) in [6.07, 6.45) is 0. The smallest absolute Gasteiger partial charge is 0.314 e. The van der Waals surface area contributed by atoms with Crippen LogP contribution >= 0.6 is 0 Å². The van der Waals surface area contributed by atoms with Crippen LogP contribution in [-0.2, 0) is 22.6 Å². The molecule has 0 saturated carbocycles. The van der Waals surface area contributed by atoms with Crippen LogP contribution in [0.3, 0.4) is 0 Å². The predicted molar refractivity (Wildman–Crippen MR) is 108 cm³/mol. The lowest BCUT2D eigenvalue weighted by Crippen LogP contribution is -2.32. The van der Waals surface area contributed by atoms with Crippen molar-refractivity contribution in [3.63, 3.8) is 0 Å². The van der Waals surface area contributed by atoms with E-state index >= 15 is 0 Å². The Hall–Kier alpha value is -2.98. The van der Waals surface area contributed by atoms with Gasteiger partial charge in [0.2, 0.25) is 0 Å². The van der Waals surface area contributed by atoms with Crippen molar-refractivity contribution in [2.24, 2.45) is 0 Å². The minimum atomic E-state index is -0.488. The van der Waals surface area contributed by atoms with Gasteiger partial charge in [-0.3, -0.25) is 9.69 Å². The minimum Gasteiger partial charge on any atom is -0.469 e. The van der Waals surface area contributed by atoms with E-state index in [2.05, 4.69) is 29.2 Å². The molecule has 3 nitrogen and oxygen atoms in total. The topological polar surface area (TPSA) is 29.5 Å².